The minimum Gasteiger partial charge on any atom is -0.497 e. The van der Waals surface area contributed by atoms with Gasteiger partial charge in [-0.3, -0.25) is 0 Å². The molecule has 0 radical (unpaired) electrons. The van der Waals surface area contributed by atoms with Crippen LogP contribution in [0.3, 0.4) is 0 Å². The fourth-order valence-corrected chi connectivity index (χ4v) is 1.21. The monoisotopic (exact) mass is 211 g/mol. The highest BCUT2D eigenvalue weighted by Gasteiger charge is 2.18. The predicted octanol–water partition coefficient (Wildman–Crippen LogP) is 1.07. The van der Waals surface area contributed by atoms with E-state index in [4.69, 9.17) is 15.2 Å². The topological polar surface area (TPSA) is 70.8 Å². The van der Waals surface area contributed by atoms with E-state index in [-0.39, 0.29) is 11.3 Å². The quantitative estimate of drug-likeness (QED) is 0.598. The maximum Gasteiger partial charge on any atom is 0.343 e. The summed E-state index contributed by atoms with van der Waals surface area (Å²) in [6, 6.07) is 3.11. The van der Waals surface area contributed by atoms with Gasteiger partial charge in [0.05, 0.1) is 27.0 Å². The molecule has 0 aliphatic heterocycles. The van der Waals surface area contributed by atoms with Crippen LogP contribution in [-0.2, 0) is 4.74 Å². The molecule has 0 saturated carbocycles. The maximum absolute atomic E-state index is 11.4. The molecule has 0 atom stereocenters. The molecule has 1 aromatic carbocycles. The lowest BCUT2D eigenvalue weighted by molar-refractivity contribution is 0.0598. The molecule has 0 unspecified atom stereocenters. The minimum absolute atomic E-state index is 0.209. The van der Waals surface area contributed by atoms with Crippen LogP contribution in [0.5, 0.6) is 11.5 Å². The Balaban J connectivity index is 3.30. The number of hydrogen-bond acceptors (Lipinski definition) is 5. The van der Waals surface area contributed by atoms with Crippen molar-refractivity contribution in [1.29, 1.82) is 0 Å². The van der Waals surface area contributed by atoms with Gasteiger partial charge in [-0.05, 0) is 0 Å². The number of hydrogen-bond donors (Lipinski definition) is 1. The highest BCUT2D eigenvalue weighted by Crippen LogP contribution is 2.30. The number of anilines is 1. The van der Waals surface area contributed by atoms with Crippen molar-refractivity contribution in [3.8, 4) is 11.5 Å². The number of benzene rings is 1. The zero-order valence-electron chi connectivity index (χ0n) is 8.87. The first kappa shape index (κ1) is 11.2. The number of rotatable bonds is 3. The molecule has 1 aromatic rings. The molecule has 0 aliphatic rings. The Kier molecular flexibility index (Phi) is 3.38. The second-order valence-electron chi connectivity index (χ2n) is 2.79. The van der Waals surface area contributed by atoms with E-state index in [0.29, 0.717) is 11.5 Å². The van der Waals surface area contributed by atoms with Gasteiger partial charge in [-0.15, -0.1) is 0 Å². The zero-order valence-corrected chi connectivity index (χ0v) is 8.87. The number of nitrogens with two attached hydrogens (primary N) is 1. The smallest absolute Gasteiger partial charge is 0.343 e. The van der Waals surface area contributed by atoms with E-state index in [1.54, 1.807) is 6.07 Å². The van der Waals surface area contributed by atoms with Crippen molar-refractivity contribution >= 4 is 11.7 Å². The van der Waals surface area contributed by atoms with Crippen LogP contribution in [0, 0.1) is 0 Å². The molecule has 0 heterocycles. The molecule has 1 rings (SSSR count). The fourth-order valence-electron chi connectivity index (χ4n) is 1.21. The Bertz CT molecular complexity index is 376. The second-order valence-corrected chi connectivity index (χ2v) is 2.79. The van der Waals surface area contributed by atoms with Gasteiger partial charge in [-0.1, -0.05) is 0 Å². The van der Waals surface area contributed by atoms with Gasteiger partial charge in [0.1, 0.15) is 17.1 Å². The Labute approximate surface area is 87.7 Å². The molecule has 0 fully saturated rings. The van der Waals surface area contributed by atoms with Crippen molar-refractivity contribution < 1.29 is 19.0 Å². The fraction of sp³-hybridized carbons (Fsp3) is 0.300. The first-order valence-electron chi connectivity index (χ1n) is 4.23. The average molecular weight is 211 g/mol. The molecule has 0 aliphatic carbocycles. The molecule has 5 nitrogen and oxygen atoms in total. The van der Waals surface area contributed by atoms with Crippen molar-refractivity contribution in [3.05, 3.63) is 17.7 Å². The summed E-state index contributed by atoms with van der Waals surface area (Å²) < 4.78 is 14.6. The van der Waals surface area contributed by atoms with Crippen LogP contribution in [0.1, 0.15) is 10.4 Å². The van der Waals surface area contributed by atoms with Crippen LogP contribution in [-0.4, -0.2) is 27.3 Å². The lowest BCUT2D eigenvalue weighted by atomic mass is 10.1. The molecule has 0 bridgehead atoms. The van der Waals surface area contributed by atoms with Crippen LogP contribution < -0.4 is 15.2 Å². The number of esters is 1. The molecule has 0 spiro atoms. The Hall–Kier alpha value is -1.91. The van der Waals surface area contributed by atoms with Crippen LogP contribution in [0.15, 0.2) is 12.1 Å². The summed E-state index contributed by atoms with van der Waals surface area (Å²) in [5, 5.41) is 0. The first-order valence-corrected chi connectivity index (χ1v) is 4.23. The minimum atomic E-state index is -0.535. The van der Waals surface area contributed by atoms with Crippen molar-refractivity contribution in [2.24, 2.45) is 0 Å². The molecule has 0 aromatic heterocycles. The number of carbonyl (C=O) groups is 1. The predicted molar refractivity (Wildman–Crippen MR) is 55.3 cm³/mol. The Morgan fingerprint density at radius 3 is 2.33 bits per heavy atom. The normalized spacial score (nSPS) is 9.53. The third kappa shape index (κ3) is 2.12. The molecule has 15 heavy (non-hydrogen) atoms. The molecular formula is C10H13NO4. The van der Waals surface area contributed by atoms with E-state index < -0.39 is 5.97 Å². The van der Waals surface area contributed by atoms with Crippen molar-refractivity contribution in [2.75, 3.05) is 27.1 Å². The molecule has 0 saturated heterocycles. The third-order valence-electron chi connectivity index (χ3n) is 1.95. The van der Waals surface area contributed by atoms with Crippen LogP contribution in [0.2, 0.25) is 0 Å². The van der Waals surface area contributed by atoms with Gasteiger partial charge in [0, 0.05) is 12.1 Å². The van der Waals surface area contributed by atoms with E-state index in [1.807, 2.05) is 0 Å². The summed E-state index contributed by atoms with van der Waals surface area (Å²) in [4.78, 5) is 11.4. The van der Waals surface area contributed by atoms with Crippen molar-refractivity contribution in [1.82, 2.24) is 0 Å². The largest absolute Gasteiger partial charge is 0.497 e. The van der Waals surface area contributed by atoms with E-state index >= 15 is 0 Å². The summed E-state index contributed by atoms with van der Waals surface area (Å²) in [5.41, 5.74) is 6.16. The SMILES string of the molecule is COC(=O)c1c(N)cc(OC)cc1OC. The van der Waals surface area contributed by atoms with Crippen LogP contribution in [0.4, 0.5) is 5.69 Å². The van der Waals surface area contributed by atoms with E-state index in [9.17, 15) is 4.79 Å². The molecular weight excluding hydrogens is 198 g/mol. The summed E-state index contributed by atoms with van der Waals surface area (Å²) >= 11 is 0. The molecule has 0 amide bonds. The van der Waals surface area contributed by atoms with E-state index in [2.05, 4.69) is 4.74 Å². The van der Waals surface area contributed by atoms with Gasteiger partial charge in [0.15, 0.2) is 0 Å². The number of nitrogen functional groups attached to an aromatic ring is 1. The maximum atomic E-state index is 11.4. The summed E-state index contributed by atoms with van der Waals surface area (Å²) in [6.07, 6.45) is 0. The second kappa shape index (κ2) is 4.54. The van der Waals surface area contributed by atoms with E-state index in [0.717, 1.165) is 0 Å². The van der Waals surface area contributed by atoms with Gasteiger partial charge >= 0.3 is 5.97 Å². The zero-order chi connectivity index (χ0) is 11.4. The van der Waals surface area contributed by atoms with Gasteiger partial charge < -0.3 is 19.9 Å². The van der Waals surface area contributed by atoms with Crippen molar-refractivity contribution in [2.45, 2.75) is 0 Å². The van der Waals surface area contributed by atoms with Gasteiger partial charge in [-0.25, -0.2) is 4.79 Å². The lowest BCUT2D eigenvalue weighted by Crippen LogP contribution is -2.08. The highest BCUT2D eigenvalue weighted by molar-refractivity contribution is 5.98. The standard InChI is InChI=1S/C10H13NO4/c1-13-6-4-7(11)9(10(12)15-3)8(5-6)14-2/h4-5H,11H2,1-3H3. The molecule has 2 N–H and O–H groups in total. The summed E-state index contributed by atoms with van der Waals surface area (Å²) in [5.74, 6) is 0.322. The highest BCUT2D eigenvalue weighted by atomic mass is 16.5. The third-order valence-corrected chi connectivity index (χ3v) is 1.95. The molecule has 5 heteroatoms. The number of carbonyl (C=O) groups excluding carboxylic acids is 1. The Morgan fingerprint density at radius 1 is 1.20 bits per heavy atom. The summed E-state index contributed by atoms with van der Waals surface area (Å²) in [6.45, 7) is 0. The summed E-state index contributed by atoms with van der Waals surface area (Å²) in [7, 11) is 4.23. The van der Waals surface area contributed by atoms with E-state index in [1.165, 1.54) is 27.4 Å². The van der Waals surface area contributed by atoms with Crippen LogP contribution in [0.25, 0.3) is 0 Å². The Morgan fingerprint density at radius 2 is 1.87 bits per heavy atom. The number of methoxy groups -OCH3 is 3. The van der Waals surface area contributed by atoms with Crippen molar-refractivity contribution in [3.63, 3.8) is 0 Å². The number of ether oxygens (including phenoxy) is 3. The van der Waals surface area contributed by atoms with Gasteiger partial charge in [-0.2, -0.15) is 0 Å². The average Bonchev–Trinajstić information content (AvgIpc) is 2.26. The van der Waals surface area contributed by atoms with Gasteiger partial charge in [0.25, 0.3) is 0 Å². The molecule has 82 valence electrons. The lowest BCUT2D eigenvalue weighted by Gasteiger charge is -2.11. The van der Waals surface area contributed by atoms with Gasteiger partial charge in [0.2, 0.25) is 0 Å². The van der Waals surface area contributed by atoms with Crippen LogP contribution >= 0.6 is 0 Å². The first-order chi connectivity index (χ1) is 7.13.